The Kier molecular flexibility index (Phi) is 5.58. The summed E-state index contributed by atoms with van der Waals surface area (Å²) in [5.41, 5.74) is 1.24. The van der Waals surface area contributed by atoms with E-state index in [1.165, 1.54) is 6.07 Å². The molecule has 26 heavy (non-hydrogen) atoms. The van der Waals surface area contributed by atoms with Crippen LogP contribution in [0.5, 0.6) is 5.75 Å². The fourth-order valence-electron chi connectivity index (χ4n) is 2.36. The van der Waals surface area contributed by atoms with Crippen molar-refractivity contribution in [3.05, 3.63) is 65.8 Å². The average molecular weight is 355 g/mol. The lowest BCUT2D eigenvalue weighted by atomic mass is 10.2. The first-order chi connectivity index (χ1) is 12.7. The van der Waals surface area contributed by atoms with Crippen LogP contribution in [0.25, 0.3) is 11.4 Å². The molecule has 134 valence electrons. The van der Waals surface area contributed by atoms with Gasteiger partial charge in [0, 0.05) is 19.4 Å². The Morgan fingerprint density at radius 3 is 2.69 bits per heavy atom. The van der Waals surface area contributed by atoms with Crippen LogP contribution in [0.4, 0.5) is 4.39 Å². The van der Waals surface area contributed by atoms with Crippen LogP contribution in [0.2, 0.25) is 0 Å². The molecule has 0 bridgehead atoms. The van der Waals surface area contributed by atoms with Crippen LogP contribution in [0, 0.1) is 5.82 Å². The van der Waals surface area contributed by atoms with Gasteiger partial charge in [0.2, 0.25) is 17.6 Å². The molecule has 1 heterocycles. The number of ether oxygens (including phenoxy) is 1. The molecule has 0 saturated heterocycles. The fraction of sp³-hybridized carbons (Fsp3) is 0.211. The maximum Gasteiger partial charge on any atom is 0.227 e. The molecule has 0 atom stereocenters. The maximum absolute atomic E-state index is 13.7. The van der Waals surface area contributed by atoms with Crippen molar-refractivity contribution in [1.29, 1.82) is 0 Å². The number of aryl methyl sites for hydroxylation is 1. The fourth-order valence-corrected chi connectivity index (χ4v) is 2.36. The Hall–Kier alpha value is -3.22. The Labute approximate surface area is 150 Å². The predicted octanol–water partition coefficient (Wildman–Crippen LogP) is 3.13. The van der Waals surface area contributed by atoms with Gasteiger partial charge in [0.15, 0.2) is 0 Å². The van der Waals surface area contributed by atoms with Gasteiger partial charge in [-0.05, 0) is 29.8 Å². The second-order valence-corrected chi connectivity index (χ2v) is 5.62. The molecule has 3 aromatic rings. The molecule has 0 aliphatic carbocycles. The number of hydrogen-bond donors (Lipinski definition) is 1. The summed E-state index contributed by atoms with van der Waals surface area (Å²) in [4.78, 5) is 16.1. The number of nitrogens with zero attached hydrogens (tertiary/aromatic N) is 2. The molecular formula is C19H18FN3O3. The van der Waals surface area contributed by atoms with Gasteiger partial charge in [-0.15, -0.1) is 0 Å². The molecule has 1 amide bonds. The van der Waals surface area contributed by atoms with Crippen LogP contribution in [0.3, 0.4) is 0 Å². The Morgan fingerprint density at radius 2 is 1.96 bits per heavy atom. The molecule has 0 spiro atoms. The third kappa shape index (κ3) is 4.44. The third-order valence-electron chi connectivity index (χ3n) is 3.80. The first kappa shape index (κ1) is 17.6. The smallest absolute Gasteiger partial charge is 0.227 e. The summed E-state index contributed by atoms with van der Waals surface area (Å²) < 4.78 is 23.9. The van der Waals surface area contributed by atoms with Crippen molar-refractivity contribution in [1.82, 2.24) is 15.5 Å². The molecule has 0 unspecified atom stereocenters. The summed E-state index contributed by atoms with van der Waals surface area (Å²) in [6, 6.07) is 13.6. The van der Waals surface area contributed by atoms with Crippen molar-refractivity contribution >= 4 is 5.91 Å². The highest BCUT2D eigenvalue weighted by Crippen LogP contribution is 2.19. The first-order valence-corrected chi connectivity index (χ1v) is 8.13. The average Bonchev–Trinajstić information content (AvgIpc) is 3.14. The van der Waals surface area contributed by atoms with E-state index < -0.39 is 5.82 Å². The topological polar surface area (TPSA) is 77.2 Å². The van der Waals surface area contributed by atoms with E-state index in [4.69, 9.17) is 9.26 Å². The van der Waals surface area contributed by atoms with Crippen molar-refractivity contribution < 1.29 is 18.4 Å². The van der Waals surface area contributed by atoms with Gasteiger partial charge in [-0.3, -0.25) is 4.79 Å². The van der Waals surface area contributed by atoms with E-state index in [-0.39, 0.29) is 30.1 Å². The Bertz CT molecular complexity index is 878. The zero-order valence-corrected chi connectivity index (χ0v) is 14.2. The van der Waals surface area contributed by atoms with Gasteiger partial charge >= 0.3 is 0 Å². The van der Waals surface area contributed by atoms with Crippen molar-refractivity contribution in [2.45, 2.75) is 19.4 Å². The third-order valence-corrected chi connectivity index (χ3v) is 3.80. The molecule has 1 N–H and O–H groups in total. The number of rotatable bonds is 7. The summed E-state index contributed by atoms with van der Waals surface area (Å²) in [6.45, 7) is 0.424. The molecule has 1 aromatic heterocycles. The molecule has 2 aromatic carbocycles. The largest absolute Gasteiger partial charge is 0.497 e. The number of nitrogens with one attached hydrogen (secondary N) is 1. The number of aromatic nitrogens is 2. The van der Waals surface area contributed by atoms with Crippen molar-refractivity contribution in [2.24, 2.45) is 0 Å². The standard InChI is InChI=1S/C19H18FN3O3/c1-25-14-8-6-13(7-9-14)12-21-17(24)10-11-18-22-19(23-26-18)15-4-2-3-5-16(15)20/h2-9H,10-12H2,1H3,(H,21,24). The van der Waals surface area contributed by atoms with E-state index >= 15 is 0 Å². The van der Waals surface area contributed by atoms with E-state index in [9.17, 15) is 9.18 Å². The predicted molar refractivity (Wildman–Crippen MR) is 92.9 cm³/mol. The van der Waals surface area contributed by atoms with E-state index in [1.54, 1.807) is 25.3 Å². The SMILES string of the molecule is COc1ccc(CNC(=O)CCc2nc(-c3ccccc3F)no2)cc1. The normalized spacial score (nSPS) is 10.5. The molecule has 0 fully saturated rings. The lowest BCUT2D eigenvalue weighted by Gasteiger charge is -2.05. The summed E-state index contributed by atoms with van der Waals surface area (Å²) in [5, 5.41) is 6.59. The molecule has 6 nitrogen and oxygen atoms in total. The van der Waals surface area contributed by atoms with E-state index in [1.807, 2.05) is 24.3 Å². The lowest BCUT2D eigenvalue weighted by molar-refractivity contribution is -0.121. The van der Waals surface area contributed by atoms with Gasteiger partial charge in [0.05, 0.1) is 12.7 Å². The second-order valence-electron chi connectivity index (χ2n) is 5.62. The van der Waals surface area contributed by atoms with Crippen LogP contribution in [0.15, 0.2) is 53.1 Å². The highest BCUT2D eigenvalue weighted by Gasteiger charge is 2.13. The number of methoxy groups -OCH3 is 1. The Balaban J connectivity index is 1.49. The van der Waals surface area contributed by atoms with Crippen molar-refractivity contribution in [3.63, 3.8) is 0 Å². The van der Waals surface area contributed by atoms with Gasteiger partial charge in [-0.1, -0.05) is 29.4 Å². The summed E-state index contributed by atoms with van der Waals surface area (Å²) >= 11 is 0. The van der Waals surface area contributed by atoms with Crippen LogP contribution < -0.4 is 10.1 Å². The zero-order chi connectivity index (χ0) is 18.4. The van der Waals surface area contributed by atoms with Gasteiger partial charge in [0.1, 0.15) is 11.6 Å². The first-order valence-electron chi connectivity index (χ1n) is 8.13. The van der Waals surface area contributed by atoms with Crippen LogP contribution >= 0.6 is 0 Å². The molecule has 7 heteroatoms. The van der Waals surface area contributed by atoms with E-state index in [0.29, 0.717) is 12.4 Å². The minimum Gasteiger partial charge on any atom is -0.497 e. The monoisotopic (exact) mass is 355 g/mol. The number of halogens is 1. The Morgan fingerprint density at radius 1 is 1.19 bits per heavy atom. The summed E-state index contributed by atoms with van der Waals surface area (Å²) in [7, 11) is 1.60. The number of carbonyl (C=O) groups excluding carboxylic acids is 1. The highest BCUT2D eigenvalue weighted by molar-refractivity contribution is 5.76. The zero-order valence-electron chi connectivity index (χ0n) is 14.2. The molecule has 0 aliphatic heterocycles. The van der Waals surface area contributed by atoms with E-state index in [0.717, 1.165) is 11.3 Å². The minimum absolute atomic E-state index is 0.133. The number of hydrogen-bond acceptors (Lipinski definition) is 5. The summed E-state index contributed by atoms with van der Waals surface area (Å²) in [5.74, 6) is 0.685. The second kappa shape index (κ2) is 8.24. The molecule has 3 rings (SSSR count). The van der Waals surface area contributed by atoms with Crippen LogP contribution in [0.1, 0.15) is 17.9 Å². The molecule has 0 saturated carbocycles. The number of amides is 1. The number of carbonyl (C=O) groups is 1. The van der Waals surface area contributed by atoms with Crippen LogP contribution in [-0.4, -0.2) is 23.2 Å². The minimum atomic E-state index is -0.419. The summed E-state index contributed by atoms with van der Waals surface area (Å²) in [6.07, 6.45) is 0.491. The van der Waals surface area contributed by atoms with Crippen molar-refractivity contribution in [3.8, 4) is 17.1 Å². The van der Waals surface area contributed by atoms with Crippen LogP contribution in [-0.2, 0) is 17.8 Å². The maximum atomic E-state index is 13.7. The molecular weight excluding hydrogens is 337 g/mol. The molecule has 0 aliphatic rings. The van der Waals surface area contributed by atoms with Gasteiger partial charge in [-0.25, -0.2) is 4.39 Å². The van der Waals surface area contributed by atoms with Gasteiger partial charge in [-0.2, -0.15) is 4.98 Å². The van der Waals surface area contributed by atoms with Gasteiger partial charge < -0.3 is 14.6 Å². The lowest BCUT2D eigenvalue weighted by Crippen LogP contribution is -2.23. The highest BCUT2D eigenvalue weighted by atomic mass is 19.1. The number of benzene rings is 2. The molecule has 0 radical (unpaired) electrons. The van der Waals surface area contributed by atoms with Gasteiger partial charge in [0.25, 0.3) is 0 Å². The quantitative estimate of drug-likeness (QED) is 0.704. The van der Waals surface area contributed by atoms with Crippen molar-refractivity contribution in [2.75, 3.05) is 7.11 Å². The van der Waals surface area contributed by atoms with E-state index in [2.05, 4.69) is 15.5 Å².